The van der Waals surface area contributed by atoms with Crippen LogP contribution in [-0.2, 0) is 47.5 Å². The fourth-order valence-electron chi connectivity index (χ4n) is 4.92. The van der Waals surface area contributed by atoms with Gasteiger partial charge in [-0.2, -0.15) is 0 Å². The molecule has 0 aliphatic rings. The van der Waals surface area contributed by atoms with Crippen LogP contribution in [0.25, 0.3) is 0 Å². The minimum absolute atomic E-state index is 0.00468. The highest BCUT2D eigenvalue weighted by Gasteiger charge is 2.44. The second kappa shape index (κ2) is 35.9. The molecule has 322 valence electrons. The molecule has 0 aromatic heterocycles. The molecule has 0 saturated carbocycles. The van der Waals surface area contributed by atoms with E-state index in [1.165, 1.54) is 0 Å². The van der Waals surface area contributed by atoms with Crippen molar-refractivity contribution in [3.63, 3.8) is 0 Å². The van der Waals surface area contributed by atoms with E-state index in [0.717, 1.165) is 0 Å². The van der Waals surface area contributed by atoms with E-state index in [9.17, 15) is 9.59 Å². The third-order valence-electron chi connectivity index (χ3n) is 7.85. The highest BCUT2D eigenvalue weighted by atomic mass is 16.6. The third-order valence-corrected chi connectivity index (χ3v) is 7.85. The molecule has 2 atom stereocenters. The molecular weight excluding hydrogens is 706 g/mol. The van der Waals surface area contributed by atoms with Crippen molar-refractivity contribution in [1.82, 2.24) is 5.32 Å². The zero-order chi connectivity index (χ0) is 40.2. The molecule has 0 radical (unpaired) electrons. The summed E-state index contributed by atoms with van der Waals surface area (Å²) in [6.45, 7) is 4.64. The zero-order valence-corrected chi connectivity index (χ0v) is 32.9. The summed E-state index contributed by atoms with van der Waals surface area (Å²) in [6, 6.07) is 0. The molecule has 1 amide bonds. The number of rotatable bonds is 42. The first-order valence-electron chi connectivity index (χ1n) is 19.5. The molecule has 54 heavy (non-hydrogen) atoms. The van der Waals surface area contributed by atoms with Crippen molar-refractivity contribution in [2.45, 2.75) is 81.3 Å². The molecule has 0 aromatic rings. The molecule has 0 rings (SSSR count). The Labute approximate surface area is 323 Å². The molecule has 0 aliphatic heterocycles. The summed E-state index contributed by atoms with van der Waals surface area (Å²) in [5.41, 5.74) is 43.2. The van der Waals surface area contributed by atoms with Crippen LogP contribution in [0.4, 0.5) is 0 Å². The average Bonchev–Trinajstić information content (AvgIpc) is 3.16. The van der Waals surface area contributed by atoms with Crippen LogP contribution < -0.4 is 51.2 Å². The lowest BCUT2D eigenvalue weighted by atomic mass is 9.93. The first-order valence-corrected chi connectivity index (χ1v) is 19.5. The van der Waals surface area contributed by atoms with Gasteiger partial charge in [0, 0.05) is 52.7 Å². The van der Waals surface area contributed by atoms with Crippen LogP contribution in [0.15, 0.2) is 0 Å². The van der Waals surface area contributed by atoms with Crippen LogP contribution in [-0.4, -0.2) is 167 Å². The minimum atomic E-state index is -1.49. The van der Waals surface area contributed by atoms with Gasteiger partial charge < -0.3 is 89.1 Å². The van der Waals surface area contributed by atoms with E-state index in [-0.39, 0.29) is 65.8 Å². The van der Waals surface area contributed by atoms with Crippen LogP contribution >= 0.6 is 0 Å². The second-order valence-corrected chi connectivity index (χ2v) is 12.9. The Morgan fingerprint density at radius 2 is 0.796 bits per heavy atom. The van der Waals surface area contributed by atoms with Crippen molar-refractivity contribution in [2.75, 3.05) is 132 Å². The summed E-state index contributed by atoms with van der Waals surface area (Å²) < 4.78 is 48.7. The quantitative estimate of drug-likeness (QED) is 0.0222. The SMILES string of the molecule is NCCCOCC(COCCCN)(CC(=O)C(OCCCN)C(OCCCN)C(=O)NC(COCCCN)(COCCCN)OCCCN)OCCCN. The Kier molecular flexibility index (Phi) is 34.9. The summed E-state index contributed by atoms with van der Waals surface area (Å²) in [5.74, 6) is -1.17. The lowest BCUT2D eigenvalue weighted by Gasteiger charge is -2.37. The smallest absolute Gasteiger partial charge is 0.254 e. The number of carbonyl (C=O) groups excluding carboxylic acids is 2. The van der Waals surface area contributed by atoms with Gasteiger partial charge in [-0.3, -0.25) is 9.59 Å². The van der Waals surface area contributed by atoms with Gasteiger partial charge >= 0.3 is 0 Å². The van der Waals surface area contributed by atoms with Crippen molar-refractivity contribution < 1.29 is 47.5 Å². The van der Waals surface area contributed by atoms with E-state index in [1.807, 2.05) is 0 Å². The average molecular weight is 784 g/mol. The molecule has 0 spiro atoms. The van der Waals surface area contributed by atoms with Crippen LogP contribution in [0.2, 0.25) is 0 Å². The number of hydrogen-bond acceptors (Lipinski definition) is 18. The fraction of sp³-hybridized carbons (Fsp3) is 0.943. The largest absolute Gasteiger partial charge is 0.378 e. The number of ketones is 1. The molecule has 2 unspecified atom stereocenters. The van der Waals surface area contributed by atoms with E-state index in [2.05, 4.69) is 5.32 Å². The maximum absolute atomic E-state index is 14.6. The van der Waals surface area contributed by atoms with Gasteiger partial charge in [-0.15, -0.1) is 0 Å². The predicted molar refractivity (Wildman–Crippen MR) is 207 cm³/mol. The lowest BCUT2D eigenvalue weighted by molar-refractivity contribution is -0.181. The van der Waals surface area contributed by atoms with Crippen molar-refractivity contribution in [2.24, 2.45) is 45.9 Å². The zero-order valence-electron chi connectivity index (χ0n) is 32.9. The molecule has 0 fully saturated rings. The Morgan fingerprint density at radius 1 is 0.444 bits per heavy atom. The van der Waals surface area contributed by atoms with Gasteiger partial charge in [0.25, 0.3) is 5.91 Å². The van der Waals surface area contributed by atoms with Gasteiger partial charge in [0.1, 0.15) is 5.60 Å². The maximum Gasteiger partial charge on any atom is 0.254 e. The van der Waals surface area contributed by atoms with Crippen LogP contribution in [0.1, 0.15) is 57.8 Å². The molecule has 17 N–H and O–H groups in total. The molecule has 0 aliphatic carbocycles. The van der Waals surface area contributed by atoms with Crippen molar-refractivity contribution in [3.05, 3.63) is 0 Å². The summed E-state index contributed by atoms with van der Waals surface area (Å²) in [4.78, 5) is 29.1. The maximum atomic E-state index is 14.6. The van der Waals surface area contributed by atoms with Crippen LogP contribution in [0.5, 0.6) is 0 Å². The Balaban J connectivity index is 6.91. The number of nitrogens with two attached hydrogens (primary N) is 8. The molecule has 0 saturated heterocycles. The summed E-state index contributed by atoms with van der Waals surface area (Å²) in [7, 11) is 0. The first kappa shape index (κ1) is 52.5. The van der Waals surface area contributed by atoms with Crippen molar-refractivity contribution >= 4 is 11.7 Å². The molecular formula is C35H77N9O10. The van der Waals surface area contributed by atoms with Gasteiger partial charge in [-0.25, -0.2) is 0 Å². The third kappa shape index (κ3) is 24.9. The van der Waals surface area contributed by atoms with E-state index in [0.29, 0.717) is 124 Å². The Hall–Kier alpha value is -1.50. The highest BCUT2D eigenvalue weighted by molar-refractivity contribution is 5.93. The standard InChI is InChI=1S/C35H77N9O10/c36-9-1-17-47-26-34(53-23-7-15-42,27-48-18-2-10-37)25-30(45)31(51-21-5-13-40)32(52-22-6-14-41)33(46)44-35(54-24-8-16-43,28-49-19-3-11-38)29-50-20-4-12-39/h31-32H,1-29,36-43H2,(H,44,46). The Bertz CT molecular complexity index is 793. The summed E-state index contributed by atoms with van der Waals surface area (Å²) in [6.07, 6.45) is 1.11. The summed E-state index contributed by atoms with van der Waals surface area (Å²) in [5, 5.41) is 2.95. The van der Waals surface area contributed by atoms with E-state index < -0.39 is 35.2 Å². The second-order valence-electron chi connectivity index (χ2n) is 12.9. The lowest BCUT2D eigenvalue weighted by Crippen LogP contribution is -2.62. The van der Waals surface area contributed by atoms with Gasteiger partial charge in [-0.1, -0.05) is 0 Å². The van der Waals surface area contributed by atoms with Crippen molar-refractivity contribution in [1.29, 1.82) is 0 Å². The van der Waals surface area contributed by atoms with Gasteiger partial charge in [0.05, 0.1) is 33.0 Å². The minimum Gasteiger partial charge on any atom is -0.378 e. The molecule has 19 heteroatoms. The normalized spacial score (nSPS) is 13.3. The molecule has 0 aromatic carbocycles. The van der Waals surface area contributed by atoms with Gasteiger partial charge in [-0.05, 0) is 104 Å². The number of ether oxygens (including phenoxy) is 8. The fourth-order valence-corrected chi connectivity index (χ4v) is 4.92. The highest BCUT2D eigenvalue weighted by Crippen LogP contribution is 2.24. The van der Waals surface area contributed by atoms with Crippen LogP contribution in [0, 0.1) is 0 Å². The van der Waals surface area contributed by atoms with E-state index >= 15 is 0 Å². The number of amides is 1. The topological polar surface area (TPSA) is 328 Å². The predicted octanol–water partition coefficient (Wildman–Crippen LogP) is -2.84. The molecule has 0 bridgehead atoms. The Morgan fingerprint density at radius 3 is 1.22 bits per heavy atom. The molecule has 19 nitrogen and oxygen atoms in total. The first-order chi connectivity index (χ1) is 26.3. The van der Waals surface area contributed by atoms with Crippen molar-refractivity contribution in [3.8, 4) is 0 Å². The van der Waals surface area contributed by atoms with Crippen LogP contribution in [0.3, 0.4) is 0 Å². The van der Waals surface area contributed by atoms with Gasteiger partial charge in [0.2, 0.25) is 0 Å². The molecule has 0 heterocycles. The monoisotopic (exact) mass is 784 g/mol. The number of nitrogens with one attached hydrogen (secondary N) is 1. The number of hydrogen-bond donors (Lipinski definition) is 9. The van der Waals surface area contributed by atoms with E-state index in [4.69, 9.17) is 83.8 Å². The number of Topliss-reactive ketones (excluding diaryl/α,β-unsaturated/α-hetero) is 1. The summed E-state index contributed by atoms with van der Waals surface area (Å²) >= 11 is 0. The number of carbonyl (C=O) groups is 2. The van der Waals surface area contributed by atoms with E-state index in [1.54, 1.807) is 0 Å². The van der Waals surface area contributed by atoms with Gasteiger partial charge in [0.15, 0.2) is 23.7 Å².